The molecule has 98 valence electrons. The van der Waals surface area contributed by atoms with Crippen LogP contribution in [0.25, 0.3) is 0 Å². The molecule has 0 atom stereocenters. The van der Waals surface area contributed by atoms with Crippen molar-refractivity contribution in [2.75, 3.05) is 4.90 Å². The van der Waals surface area contributed by atoms with Gasteiger partial charge in [0.1, 0.15) is 11.6 Å². The third kappa shape index (κ3) is 2.67. The Morgan fingerprint density at radius 3 is 2.79 bits per heavy atom. The van der Waals surface area contributed by atoms with E-state index < -0.39 is 0 Å². The molecule has 1 saturated carbocycles. The monoisotopic (exact) mass is 256 g/mol. The van der Waals surface area contributed by atoms with Crippen molar-refractivity contribution in [2.24, 2.45) is 0 Å². The summed E-state index contributed by atoms with van der Waals surface area (Å²) in [7, 11) is 0. The highest BCUT2D eigenvalue weighted by Gasteiger charge is 2.30. The van der Waals surface area contributed by atoms with Crippen LogP contribution in [0.15, 0.2) is 41.1 Å². The quantitative estimate of drug-likeness (QED) is 0.771. The van der Waals surface area contributed by atoms with Gasteiger partial charge < -0.3 is 9.32 Å². The van der Waals surface area contributed by atoms with E-state index in [0.29, 0.717) is 11.6 Å². The number of pyridine rings is 1. The Kier molecular flexibility index (Phi) is 3.07. The smallest absolute Gasteiger partial charge is 0.161 e. The molecule has 0 bridgehead atoms. The van der Waals surface area contributed by atoms with Crippen LogP contribution in [0.2, 0.25) is 0 Å². The molecule has 3 rings (SSSR count). The van der Waals surface area contributed by atoms with Crippen LogP contribution >= 0.6 is 0 Å². The number of aromatic nitrogens is 1. The average molecular weight is 256 g/mol. The minimum absolute atomic E-state index is 0.0445. The highest BCUT2D eigenvalue weighted by atomic mass is 16.3. The van der Waals surface area contributed by atoms with Gasteiger partial charge >= 0.3 is 0 Å². The number of hydrogen-bond donors (Lipinski definition) is 0. The Balaban J connectivity index is 1.81. The van der Waals surface area contributed by atoms with Gasteiger partial charge in [0.2, 0.25) is 0 Å². The van der Waals surface area contributed by atoms with Gasteiger partial charge in [-0.25, -0.2) is 4.98 Å². The van der Waals surface area contributed by atoms with Crippen LogP contribution in [-0.2, 0) is 6.54 Å². The van der Waals surface area contributed by atoms with E-state index in [4.69, 9.17) is 4.42 Å². The van der Waals surface area contributed by atoms with Gasteiger partial charge in [0.25, 0.3) is 0 Å². The topological polar surface area (TPSA) is 46.3 Å². The molecule has 0 unspecified atom stereocenters. The van der Waals surface area contributed by atoms with Crippen LogP contribution < -0.4 is 4.90 Å². The Hall–Kier alpha value is -2.10. The van der Waals surface area contributed by atoms with Crippen molar-refractivity contribution in [3.05, 3.63) is 48.0 Å². The van der Waals surface area contributed by atoms with Gasteiger partial charge in [-0.1, -0.05) is 0 Å². The zero-order valence-corrected chi connectivity index (χ0v) is 10.9. The van der Waals surface area contributed by atoms with E-state index in [1.807, 2.05) is 24.3 Å². The molecule has 1 aliphatic rings. The van der Waals surface area contributed by atoms with Crippen molar-refractivity contribution in [2.45, 2.75) is 32.4 Å². The number of Topliss-reactive ketones (excluding diaryl/α,β-unsaturated/α-hetero) is 1. The van der Waals surface area contributed by atoms with Gasteiger partial charge in [-0.15, -0.1) is 0 Å². The first-order valence-electron chi connectivity index (χ1n) is 6.50. The molecular weight excluding hydrogens is 240 g/mol. The second kappa shape index (κ2) is 4.88. The molecule has 0 N–H and O–H groups in total. The largest absolute Gasteiger partial charge is 0.467 e. The van der Waals surface area contributed by atoms with E-state index in [1.165, 1.54) is 12.8 Å². The second-order valence-corrected chi connectivity index (χ2v) is 4.90. The zero-order chi connectivity index (χ0) is 13.2. The summed E-state index contributed by atoms with van der Waals surface area (Å²) in [6.07, 6.45) is 5.72. The first kappa shape index (κ1) is 12.0. The lowest BCUT2D eigenvalue weighted by atomic mass is 10.2. The molecule has 0 amide bonds. The van der Waals surface area contributed by atoms with Gasteiger partial charge in [0.15, 0.2) is 5.78 Å². The molecule has 1 fully saturated rings. The number of furan rings is 1. The fraction of sp³-hybridized carbons (Fsp3) is 0.333. The van der Waals surface area contributed by atoms with Gasteiger partial charge in [-0.05, 0) is 44.0 Å². The molecule has 4 nitrogen and oxygen atoms in total. The fourth-order valence-electron chi connectivity index (χ4n) is 2.12. The zero-order valence-electron chi connectivity index (χ0n) is 10.9. The average Bonchev–Trinajstić information content (AvgIpc) is 3.13. The van der Waals surface area contributed by atoms with Crippen molar-refractivity contribution < 1.29 is 9.21 Å². The molecule has 0 aromatic carbocycles. The van der Waals surface area contributed by atoms with Crippen LogP contribution in [0.3, 0.4) is 0 Å². The van der Waals surface area contributed by atoms with Crippen molar-refractivity contribution in [1.29, 1.82) is 0 Å². The number of carbonyl (C=O) groups excluding carboxylic acids is 1. The lowest BCUT2D eigenvalue weighted by Crippen LogP contribution is -2.25. The molecule has 2 aromatic rings. The SMILES string of the molecule is CC(=O)c1ccc(N(Cc2ccco2)C2CC2)nc1. The van der Waals surface area contributed by atoms with Gasteiger partial charge in [-0.2, -0.15) is 0 Å². The third-order valence-corrected chi connectivity index (χ3v) is 3.34. The standard InChI is InChI=1S/C15H16N2O2/c1-11(18)12-4-7-15(16-9-12)17(13-5-6-13)10-14-3-2-8-19-14/h2-4,7-9,13H,5-6,10H2,1H3. The van der Waals surface area contributed by atoms with E-state index in [0.717, 1.165) is 18.1 Å². The molecule has 0 saturated heterocycles. The van der Waals surface area contributed by atoms with Crippen LogP contribution in [0.5, 0.6) is 0 Å². The van der Waals surface area contributed by atoms with E-state index in [-0.39, 0.29) is 5.78 Å². The molecule has 1 aliphatic carbocycles. The summed E-state index contributed by atoms with van der Waals surface area (Å²) < 4.78 is 5.40. The van der Waals surface area contributed by atoms with Crippen LogP contribution in [-0.4, -0.2) is 16.8 Å². The lowest BCUT2D eigenvalue weighted by Gasteiger charge is -2.22. The van der Waals surface area contributed by atoms with Crippen molar-refractivity contribution in [3.8, 4) is 0 Å². The minimum atomic E-state index is 0.0445. The van der Waals surface area contributed by atoms with Crippen molar-refractivity contribution in [1.82, 2.24) is 4.98 Å². The highest BCUT2D eigenvalue weighted by molar-refractivity contribution is 5.93. The highest BCUT2D eigenvalue weighted by Crippen LogP contribution is 2.32. The lowest BCUT2D eigenvalue weighted by molar-refractivity contribution is 0.101. The Morgan fingerprint density at radius 1 is 1.42 bits per heavy atom. The molecule has 4 heteroatoms. The van der Waals surface area contributed by atoms with Crippen LogP contribution in [0.1, 0.15) is 35.9 Å². The third-order valence-electron chi connectivity index (χ3n) is 3.34. The number of rotatable bonds is 5. The molecule has 0 spiro atoms. The minimum Gasteiger partial charge on any atom is -0.467 e. The predicted octanol–water partition coefficient (Wildman–Crippen LogP) is 3.05. The van der Waals surface area contributed by atoms with Crippen molar-refractivity contribution >= 4 is 11.6 Å². The maximum Gasteiger partial charge on any atom is 0.161 e. The molecule has 2 aromatic heterocycles. The Labute approximate surface area is 112 Å². The van der Waals surface area contributed by atoms with Gasteiger partial charge in [0.05, 0.1) is 12.8 Å². The number of hydrogen-bond acceptors (Lipinski definition) is 4. The molecule has 0 aliphatic heterocycles. The summed E-state index contributed by atoms with van der Waals surface area (Å²) in [6, 6.07) is 8.16. The molecule has 19 heavy (non-hydrogen) atoms. The normalized spacial score (nSPS) is 14.4. The summed E-state index contributed by atoms with van der Waals surface area (Å²) in [5, 5.41) is 0. The van der Waals surface area contributed by atoms with Gasteiger partial charge in [0, 0.05) is 17.8 Å². The summed E-state index contributed by atoms with van der Waals surface area (Å²) in [5.41, 5.74) is 0.650. The van der Waals surface area contributed by atoms with E-state index in [9.17, 15) is 4.79 Å². The van der Waals surface area contributed by atoms with E-state index >= 15 is 0 Å². The summed E-state index contributed by atoms with van der Waals surface area (Å²) in [5.74, 6) is 1.89. The van der Waals surface area contributed by atoms with Crippen LogP contribution in [0.4, 0.5) is 5.82 Å². The number of ketones is 1. The molecule has 2 heterocycles. The summed E-state index contributed by atoms with van der Waals surface area (Å²) in [4.78, 5) is 17.9. The first-order chi connectivity index (χ1) is 9.24. The fourth-order valence-corrected chi connectivity index (χ4v) is 2.12. The number of anilines is 1. The van der Waals surface area contributed by atoms with Crippen molar-refractivity contribution in [3.63, 3.8) is 0 Å². The summed E-state index contributed by atoms with van der Waals surface area (Å²) >= 11 is 0. The molecule has 0 radical (unpaired) electrons. The molecular formula is C15H16N2O2. The first-order valence-corrected chi connectivity index (χ1v) is 6.50. The maximum atomic E-state index is 11.3. The summed E-state index contributed by atoms with van der Waals surface area (Å²) in [6.45, 7) is 2.28. The van der Waals surface area contributed by atoms with E-state index in [2.05, 4.69) is 9.88 Å². The second-order valence-electron chi connectivity index (χ2n) is 4.90. The van der Waals surface area contributed by atoms with Gasteiger partial charge in [-0.3, -0.25) is 4.79 Å². The number of carbonyl (C=O) groups is 1. The van der Waals surface area contributed by atoms with Crippen LogP contribution in [0, 0.1) is 0 Å². The Morgan fingerprint density at radius 2 is 2.26 bits per heavy atom. The Bertz CT molecular complexity index is 556. The van der Waals surface area contributed by atoms with E-state index in [1.54, 1.807) is 19.4 Å². The predicted molar refractivity (Wildman–Crippen MR) is 72.2 cm³/mol. The maximum absolute atomic E-state index is 11.3. The number of nitrogens with zero attached hydrogens (tertiary/aromatic N) is 2.